The Bertz CT molecular complexity index is 1730. The van der Waals surface area contributed by atoms with Crippen LogP contribution in [0.3, 0.4) is 0 Å². The molecule has 0 aliphatic rings. The number of pyridine rings is 1. The summed E-state index contributed by atoms with van der Waals surface area (Å²) < 4.78 is 5.79. The number of nitriles is 1. The van der Waals surface area contributed by atoms with Gasteiger partial charge in [0.2, 0.25) is 0 Å². The first-order chi connectivity index (χ1) is 20.0. The number of benzene rings is 4. The number of aryl methyl sites for hydroxylation is 1. The Kier molecular flexibility index (Phi) is 8.13. The SMILES string of the molecule is Cc1ccc(C(=O)Nc2ccc(OCc3cccnc3)cc2)cc1-c1ccc(C(=O)Nc2cccc(C#N)c2)cc1. The number of anilines is 2. The molecule has 1 heterocycles. The van der Waals surface area contributed by atoms with Gasteiger partial charge in [-0.2, -0.15) is 5.26 Å². The molecule has 0 unspecified atom stereocenters. The number of amides is 2. The molecule has 7 heteroatoms. The van der Waals surface area contributed by atoms with E-state index in [0.29, 0.717) is 40.4 Å². The summed E-state index contributed by atoms with van der Waals surface area (Å²) in [5, 5.41) is 14.8. The highest BCUT2D eigenvalue weighted by Gasteiger charge is 2.12. The topological polar surface area (TPSA) is 104 Å². The van der Waals surface area contributed by atoms with Gasteiger partial charge in [0.25, 0.3) is 11.8 Å². The zero-order valence-corrected chi connectivity index (χ0v) is 22.3. The lowest BCUT2D eigenvalue weighted by Gasteiger charge is -2.12. The van der Waals surface area contributed by atoms with E-state index < -0.39 is 0 Å². The van der Waals surface area contributed by atoms with Crippen LogP contribution in [-0.2, 0) is 6.61 Å². The number of nitrogens with one attached hydrogen (secondary N) is 2. The third kappa shape index (κ3) is 6.83. The van der Waals surface area contributed by atoms with Crippen LogP contribution >= 0.6 is 0 Å². The van der Waals surface area contributed by atoms with E-state index in [9.17, 15) is 9.59 Å². The van der Waals surface area contributed by atoms with Crippen LogP contribution in [0.1, 0.15) is 37.4 Å². The van der Waals surface area contributed by atoms with E-state index >= 15 is 0 Å². The maximum Gasteiger partial charge on any atom is 0.255 e. The fraction of sp³-hybridized carbons (Fsp3) is 0.0588. The molecule has 0 aliphatic carbocycles. The molecule has 5 aromatic rings. The van der Waals surface area contributed by atoms with E-state index in [1.54, 1.807) is 67.0 Å². The largest absolute Gasteiger partial charge is 0.489 e. The lowest BCUT2D eigenvalue weighted by molar-refractivity contribution is 0.101. The van der Waals surface area contributed by atoms with Crippen molar-refractivity contribution in [3.8, 4) is 22.9 Å². The van der Waals surface area contributed by atoms with E-state index in [-0.39, 0.29) is 11.8 Å². The van der Waals surface area contributed by atoms with Crippen molar-refractivity contribution in [2.75, 3.05) is 10.6 Å². The summed E-state index contributed by atoms with van der Waals surface area (Å²) in [6.45, 7) is 2.39. The van der Waals surface area contributed by atoms with Crippen molar-refractivity contribution >= 4 is 23.2 Å². The predicted molar refractivity (Wildman–Crippen MR) is 159 cm³/mol. The van der Waals surface area contributed by atoms with Gasteiger partial charge < -0.3 is 15.4 Å². The molecular formula is C34H26N4O3. The second-order valence-corrected chi connectivity index (χ2v) is 9.38. The Morgan fingerprint density at radius 2 is 1.54 bits per heavy atom. The minimum Gasteiger partial charge on any atom is -0.489 e. The molecule has 0 radical (unpaired) electrons. The molecule has 1 aromatic heterocycles. The minimum absolute atomic E-state index is 0.231. The molecule has 0 atom stereocenters. The molecule has 0 fully saturated rings. The third-order valence-corrected chi connectivity index (χ3v) is 6.45. The normalized spacial score (nSPS) is 10.3. The molecule has 200 valence electrons. The van der Waals surface area contributed by atoms with E-state index in [4.69, 9.17) is 10.00 Å². The molecule has 0 bridgehead atoms. The van der Waals surface area contributed by atoms with Gasteiger partial charge in [0.1, 0.15) is 12.4 Å². The average Bonchev–Trinajstić information content (AvgIpc) is 3.01. The van der Waals surface area contributed by atoms with Crippen LogP contribution in [0.5, 0.6) is 5.75 Å². The summed E-state index contributed by atoms with van der Waals surface area (Å²) in [6.07, 6.45) is 3.48. The molecule has 4 aromatic carbocycles. The van der Waals surface area contributed by atoms with Crippen molar-refractivity contribution in [3.63, 3.8) is 0 Å². The zero-order chi connectivity index (χ0) is 28.6. The highest BCUT2D eigenvalue weighted by atomic mass is 16.5. The molecule has 0 saturated carbocycles. The Morgan fingerprint density at radius 1 is 0.805 bits per heavy atom. The fourth-order valence-corrected chi connectivity index (χ4v) is 4.23. The van der Waals surface area contributed by atoms with Gasteiger partial charge >= 0.3 is 0 Å². The minimum atomic E-state index is -0.273. The number of ether oxygens (including phenoxy) is 1. The van der Waals surface area contributed by atoms with Crippen molar-refractivity contribution < 1.29 is 14.3 Å². The number of hydrogen-bond donors (Lipinski definition) is 2. The smallest absolute Gasteiger partial charge is 0.255 e. The van der Waals surface area contributed by atoms with Gasteiger partial charge in [0, 0.05) is 40.5 Å². The van der Waals surface area contributed by atoms with E-state index in [0.717, 1.165) is 22.3 Å². The van der Waals surface area contributed by atoms with Crippen molar-refractivity contribution in [1.82, 2.24) is 4.98 Å². The van der Waals surface area contributed by atoms with Crippen LogP contribution in [0.25, 0.3) is 11.1 Å². The third-order valence-electron chi connectivity index (χ3n) is 6.45. The molecule has 0 saturated heterocycles. The van der Waals surface area contributed by atoms with Crippen molar-refractivity contribution in [2.24, 2.45) is 0 Å². The van der Waals surface area contributed by atoms with Gasteiger partial charge in [-0.15, -0.1) is 0 Å². The highest BCUT2D eigenvalue weighted by Crippen LogP contribution is 2.26. The van der Waals surface area contributed by atoms with Crippen LogP contribution in [0, 0.1) is 18.3 Å². The molecule has 7 nitrogen and oxygen atoms in total. The second-order valence-electron chi connectivity index (χ2n) is 9.38. The van der Waals surface area contributed by atoms with Crippen LogP contribution in [0.15, 0.2) is 116 Å². The number of aromatic nitrogens is 1. The number of nitrogens with zero attached hydrogens (tertiary/aromatic N) is 2. The molecule has 2 N–H and O–H groups in total. The lowest BCUT2D eigenvalue weighted by Crippen LogP contribution is -2.12. The molecule has 2 amide bonds. The molecular weight excluding hydrogens is 512 g/mol. The van der Waals surface area contributed by atoms with Gasteiger partial charge in [0.15, 0.2) is 0 Å². The van der Waals surface area contributed by atoms with Gasteiger partial charge in [-0.3, -0.25) is 14.6 Å². The average molecular weight is 539 g/mol. The molecule has 0 spiro atoms. The van der Waals surface area contributed by atoms with Crippen LogP contribution in [0.2, 0.25) is 0 Å². The first-order valence-corrected chi connectivity index (χ1v) is 12.9. The quantitative estimate of drug-likeness (QED) is 0.221. The molecule has 41 heavy (non-hydrogen) atoms. The number of rotatable bonds is 8. The lowest BCUT2D eigenvalue weighted by atomic mass is 9.97. The molecule has 5 rings (SSSR count). The zero-order valence-electron chi connectivity index (χ0n) is 22.3. The number of hydrogen-bond acceptors (Lipinski definition) is 5. The maximum atomic E-state index is 13.0. The summed E-state index contributed by atoms with van der Waals surface area (Å²) in [5.74, 6) is 0.188. The van der Waals surface area contributed by atoms with Crippen LogP contribution in [0.4, 0.5) is 11.4 Å². The van der Waals surface area contributed by atoms with Crippen molar-refractivity contribution in [2.45, 2.75) is 13.5 Å². The Morgan fingerprint density at radius 3 is 2.27 bits per heavy atom. The summed E-state index contributed by atoms with van der Waals surface area (Å²) in [7, 11) is 0. The summed E-state index contributed by atoms with van der Waals surface area (Å²) >= 11 is 0. The van der Waals surface area contributed by atoms with Crippen molar-refractivity contribution in [1.29, 1.82) is 5.26 Å². The fourth-order valence-electron chi connectivity index (χ4n) is 4.23. The monoisotopic (exact) mass is 538 g/mol. The maximum absolute atomic E-state index is 13.0. The first-order valence-electron chi connectivity index (χ1n) is 12.9. The summed E-state index contributed by atoms with van der Waals surface area (Å²) in [6, 6.07) is 32.6. The predicted octanol–water partition coefficient (Wildman–Crippen LogP) is 7.01. The Hall–Kier alpha value is -5.74. The number of carbonyl (C=O) groups is 2. The van der Waals surface area contributed by atoms with Crippen LogP contribution in [-0.4, -0.2) is 16.8 Å². The van der Waals surface area contributed by atoms with E-state index in [1.165, 1.54) is 0 Å². The van der Waals surface area contributed by atoms with E-state index in [2.05, 4.69) is 21.7 Å². The van der Waals surface area contributed by atoms with Gasteiger partial charge in [-0.1, -0.05) is 30.3 Å². The summed E-state index contributed by atoms with van der Waals surface area (Å²) in [4.78, 5) is 29.8. The van der Waals surface area contributed by atoms with Gasteiger partial charge in [-0.25, -0.2) is 0 Å². The second kappa shape index (κ2) is 12.4. The first kappa shape index (κ1) is 26.9. The Labute approximate surface area is 238 Å². The standard InChI is InChI=1S/C34H26N4O3/c1-23-7-8-28(34(40)37-29-13-15-31(16-14-29)41-22-25-5-3-17-36-21-25)19-32(23)26-9-11-27(12-10-26)33(39)38-30-6-2-4-24(18-30)20-35/h2-19,21H,22H2,1H3,(H,37,40)(H,38,39). The van der Waals surface area contributed by atoms with Crippen LogP contribution < -0.4 is 15.4 Å². The Balaban J connectivity index is 1.23. The summed E-state index contributed by atoms with van der Waals surface area (Å²) in [5.41, 5.74) is 6.43. The van der Waals surface area contributed by atoms with Gasteiger partial charge in [0.05, 0.1) is 11.6 Å². The number of carbonyl (C=O) groups excluding carboxylic acids is 2. The van der Waals surface area contributed by atoms with Gasteiger partial charge in [-0.05, 0) is 96.4 Å². The van der Waals surface area contributed by atoms with Crippen molar-refractivity contribution in [3.05, 3.63) is 143 Å². The molecule has 0 aliphatic heterocycles. The highest BCUT2D eigenvalue weighted by molar-refractivity contribution is 6.06. The van der Waals surface area contributed by atoms with E-state index in [1.807, 2.05) is 55.5 Å².